The molecule has 1 rings (SSSR count). The van der Waals surface area contributed by atoms with Crippen LogP contribution in [0.5, 0.6) is 0 Å². The lowest BCUT2D eigenvalue weighted by atomic mass is 10.6. The molecule has 0 atom stereocenters. The van der Waals surface area contributed by atoms with Crippen LogP contribution in [0.4, 0.5) is 0 Å². The molecule has 1 heterocycles. The van der Waals surface area contributed by atoms with E-state index in [1.54, 1.807) is 4.57 Å². The van der Waals surface area contributed by atoms with Crippen molar-refractivity contribution in [3.8, 4) is 0 Å². The third-order valence-corrected chi connectivity index (χ3v) is 1.13. The standard InChI is InChI=1S/C5H7N3/c1-4-6-7-5(2)8(4)3/h1H,2-3H3. The first-order chi connectivity index (χ1) is 3.72. The van der Waals surface area contributed by atoms with E-state index in [9.17, 15) is 0 Å². The summed E-state index contributed by atoms with van der Waals surface area (Å²) in [6.07, 6.45) is 0. The van der Waals surface area contributed by atoms with Gasteiger partial charge in [0.2, 0.25) is 0 Å². The molecular formula is C5H7N3. The summed E-state index contributed by atoms with van der Waals surface area (Å²) in [5, 5.41) is 7.31. The minimum absolute atomic E-state index is 0.461. The Balaban J connectivity index is 3.19. The maximum Gasteiger partial charge on any atom is 0.137 e. The minimum atomic E-state index is 0.461. The highest BCUT2D eigenvalue weighted by molar-refractivity contribution is 4.94. The Hall–Kier alpha value is -0.860. The Morgan fingerprint density at radius 1 is 1.50 bits per heavy atom. The summed E-state index contributed by atoms with van der Waals surface area (Å²) in [5.41, 5.74) is 0. The number of hydrogen-bond donors (Lipinski definition) is 0. The van der Waals surface area contributed by atoms with E-state index >= 15 is 0 Å². The summed E-state index contributed by atoms with van der Waals surface area (Å²) in [6, 6.07) is 0. The first-order valence-corrected chi connectivity index (χ1v) is 2.33. The van der Waals surface area contributed by atoms with Crippen LogP contribution in [0.1, 0.15) is 11.6 Å². The molecule has 0 spiro atoms. The van der Waals surface area contributed by atoms with E-state index in [2.05, 4.69) is 10.2 Å². The van der Waals surface area contributed by atoms with Gasteiger partial charge in [0.25, 0.3) is 0 Å². The predicted octanol–water partition coefficient (Wildman–Crippen LogP) is 0.183. The third kappa shape index (κ3) is 0.598. The number of rotatable bonds is 0. The van der Waals surface area contributed by atoms with Crippen LogP contribution in [0.2, 0.25) is 0 Å². The van der Waals surface area contributed by atoms with Gasteiger partial charge in [-0.3, -0.25) is 0 Å². The summed E-state index contributed by atoms with van der Waals surface area (Å²) in [7, 11) is 1.82. The summed E-state index contributed by atoms with van der Waals surface area (Å²) in [6.45, 7) is 7.18. The molecule has 0 aliphatic heterocycles. The molecule has 0 aromatic carbocycles. The van der Waals surface area contributed by atoms with Gasteiger partial charge in [-0.15, -0.1) is 10.2 Å². The molecule has 3 nitrogen and oxygen atoms in total. The summed E-state index contributed by atoms with van der Waals surface area (Å²) in [4.78, 5) is 0. The van der Waals surface area contributed by atoms with E-state index in [0.29, 0.717) is 5.82 Å². The molecule has 0 N–H and O–H groups in total. The van der Waals surface area contributed by atoms with E-state index in [0.717, 1.165) is 5.82 Å². The first-order valence-electron chi connectivity index (χ1n) is 2.33. The van der Waals surface area contributed by atoms with Crippen molar-refractivity contribution in [3.63, 3.8) is 0 Å². The summed E-state index contributed by atoms with van der Waals surface area (Å²) in [5.74, 6) is 1.30. The highest BCUT2D eigenvalue weighted by Gasteiger charge is 1.95. The molecule has 0 aliphatic rings. The molecule has 2 radical (unpaired) electrons. The number of hydrogen-bond acceptors (Lipinski definition) is 2. The largest absolute Gasteiger partial charge is 0.318 e. The molecule has 1 aromatic heterocycles. The zero-order valence-corrected chi connectivity index (χ0v) is 4.92. The lowest BCUT2D eigenvalue weighted by Gasteiger charge is -1.90. The Bertz CT molecular complexity index is 170. The van der Waals surface area contributed by atoms with Crippen LogP contribution < -0.4 is 0 Å². The molecule has 1 aromatic rings. The van der Waals surface area contributed by atoms with Crippen LogP contribution in [0.15, 0.2) is 0 Å². The van der Waals surface area contributed by atoms with Crippen LogP contribution in [-0.2, 0) is 7.05 Å². The molecule has 0 aliphatic carbocycles. The van der Waals surface area contributed by atoms with Gasteiger partial charge in [-0.1, -0.05) is 0 Å². The number of aromatic nitrogens is 3. The van der Waals surface area contributed by atoms with E-state index < -0.39 is 0 Å². The van der Waals surface area contributed by atoms with Crippen LogP contribution in [0.25, 0.3) is 0 Å². The minimum Gasteiger partial charge on any atom is -0.318 e. The van der Waals surface area contributed by atoms with Gasteiger partial charge in [-0.2, -0.15) is 0 Å². The second-order valence-corrected chi connectivity index (χ2v) is 1.66. The number of aryl methyl sites for hydroxylation is 1. The molecule has 0 bridgehead atoms. The van der Waals surface area contributed by atoms with Crippen molar-refractivity contribution in [2.45, 2.75) is 6.92 Å². The fraction of sp³-hybridized carbons (Fsp3) is 0.400. The fourth-order valence-electron chi connectivity index (χ4n) is 0.424. The zero-order chi connectivity index (χ0) is 6.15. The van der Waals surface area contributed by atoms with Gasteiger partial charge < -0.3 is 4.57 Å². The molecule has 0 saturated carbocycles. The lowest BCUT2D eigenvalue weighted by Crippen LogP contribution is -1.92. The van der Waals surface area contributed by atoms with Crippen molar-refractivity contribution < 1.29 is 0 Å². The normalized spacial score (nSPS) is 9.88. The van der Waals surface area contributed by atoms with Gasteiger partial charge in [-0.25, -0.2) is 0 Å². The topological polar surface area (TPSA) is 30.7 Å². The SMILES string of the molecule is [CH]c1nnc(C)n1C. The summed E-state index contributed by atoms with van der Waals surface area (Å²) >= 11 is 0. The van der Waals surface area contributed by atoms with Crippen molar-refractivity contribution in [1.82, 2.24) is 14.8 Å². The highest BCUT2D eigenvalue weighted by atomic mass is 15.3. The van der Waals surface area contributed by atoms with E-state index in [1.165, 1.54) is 0 Å². The van der Waals surface area contributed by atoms with Crippen molar-refractivity contribution in [2.24, 2.45) is 7.05 Å². The number of nitrogens with zero attached hydrogens (tertiary/aromatic N) is 3. The maximum absolute atomic E-state index is 5.33. The molecule has 42 valence electrons. The van der Waals surface area contributed by atoms with Crippen molar-refractivity contribution in [1.29, 1.82) is 0 Å². The second-order valence-electron chi connectivity index (χ2n) is 1.66. The van der Waals surface area contributed by atoms with Gasteiger partial charge in [0.1, 0.15) is 11.6 Å². The third-order valence-electron chi connectivity index (χ3n) is 1.13. The predicted molar refractivity (Wildman–Crippen MR) is 29.1 cm³/mol. The molecular weight excluding hydrogens is 102 g/mol. The van der Waals surface area contributed by atoms with E-state index in [1.807, 2.05) is 14.0 Å². The molecule has 0 unspecified atom stereocenters. The average Bonchev–Trinajstić information content (AvgIpc) is 1.98. The van der Waals surface area contributed by atoms with Crippen molar-refractivity contribution in [3.05, 3.63) is 18.6 Å². The van der Waals surface area contributed by atoms with E-state index in [-0.39, 0.29) is 0 Å². The second kappa shape index (κ2) is 1.58. The smallest absolute Gasteiger partial charge is 0.137 e. The fourth-order valence-corrected chi connectivity index (χ4v) is 0.424. The molecule has 0 saturated heterocycles. The Morgan fingerprint density at radius 3 is 2.25 bits per heavy atom. The molecule has 0 fully saturated rings. The average molecular weight is 109 g/mol. The quantitative estimate of drug-likeness (QED) is 0.476. The van der Waals surface area contributed by atoms with Crippen LogP contribution in [0, 0.1) is 13.8 Å². The lowest BCUT2D eigenvalue weighted by molar-refractivity contribution is 0.841. The Labute approximate surface area is 48.4 Å². The van der Waals surface area contributed by atoms with Gasteiger partial charge in [0.15, 0.2) is 0 Å². The monoisotopic (exact) mass is 109 g/mol. The van der Waals surface area contributed by atoms with Crippen LogP contribution >= 0.6 is 0 Å². The maximum atomic E-state index is 5.33. The zero-order valence-electron chi connectivity index (χ0n) is 4.92. The van der Waals surface area contributed by atoms with Gasteiger partial charge >= 0.3 is 0 Å². The van der Waals surface area contributed by atoms with Crippen molar-refractivity contribution >= 4 is 0 Å². The van der Waals surface area contributed by atoms with Crippen molar-refractivity contribution in [2.75, 3.05) is 0 Å². The van der Waals surface area contributed by atoms with E-state index in [4.69, 9.17) is 6.92 Å². The van der Waals surface area contributed by atoms with Gasteiger partial charge in [-0.05, 0) is 6.92 Å². The van der Waals surface area contributed by atoms with Crippen LogP contribution in [0.3, 0.4) is 0 Å². The first kappa shape index (κ1) is 5.28. The Morgan fingerprint density at radius 2 is 2.12 bits per heavy atom. The van der Waals surface area contributed by atoms with Gasteiger partial charge in [0, 0.05) is 14.0 Å². The van der Waals surface area contributed by atoms with Gasteiger partial charge in [0.05, 0.1) is 0 Å². The summed E-state index contributed by atoms with van der Waals surface area (Å²) < 4.78 is 1.72. The highest BCUT2D eigenvalue weighted by Crippen LogP contribution is 1.92. The molecule has 8 heavy (non-hydrogen) atoms. The molecule has 0 amide bonds. The molecule has 3 heteroatoms. The van der Waals surface area contributed by atoms with Crippen LogP contribution in [-0.4, -0.2) is 14.8 Å². The Kier molecular flexibility index (Phi) is 1.04.